The fraction of sp³-hybridized carbons (Fsp3) is 0.333. The van der Waals surface area contributed by atoms with Gasteiger partial charge in [0.15, 0.2) is 0 Å². The van der Waals surface area contributed by atoms with Crippen LogP contribution in [0.4, 0.5) is 13.2 Å². The van der Waals surface area contributed by atoms with Gasteiger partial charge in [-0.1, -0.05) is 12.1 Å². The molecule has 1 aromatic rings. The Morgan fingerprint density at radius 1 is 1.24 bits per heavy atom. The first-order chi connectivity index (χ1) is 9.71. The summed E-state index contributed by atoms with van der Waals surface area (Å²) < 4.78 is 38.0. The Kier molecular flexibility index (Phi) is 4.04. The van der Waals surface area contributed by atoms with Gasteiger partial charge in [0.05, 0.1) is 0 Å². The Labute approximate surface area is 121 Å². The first-order valence-corrected chi connectivity index (χ1v) is 6.79. The van der Waals surface area contributed by atoms with E-state index in [0.29, 0.717) is 10.5 Å². The number of halogens is 3. The van der Waals surface area contributed by atoms with E-state index < -0.39 is 29.5 Å². The van der Waals surface area contributed by atoms with Gasteiger partial charge in [-0.3, -0.25) is 4.79 Å². The molecule has 0 aliphatic carbocycles. The second-order valence-electron chi connectivity index (χ2n) is 4.34. The van der Waals surface area contributed by atoms with Gasteiger partial charge in [-0.05, 0) is 17.7 Å². The number of hydrogen-bond donors (Lipinski definition) is 2. The van der Waals surface area contributed by atoms with E-state index in [9.17, 15) is 27.9 Å². The van der Waals surface area contributed by atoms with E-state index in [2.05, 4.69) is 0 Å². The number of carbonyl (C=O) groups is 2. The van der Waals surface area contributed by atoms with Crippen LogP contribution in [0.2, 0.25) is 0 Å². The van der Waals surface area contributed by atoms with E-state index in [1.807, 2.05) is 0 Å². The third-order valence-corrected chi connectivity index (χ3v) is 4.26. The number of benzene rings is 1. The van der Waals surface area contributed by atoms with Crippen LogP contribution in [0.1, 0.15) is 10.9 Å². The predicted octanol–water partition coefficient (Wildman–Crippen LogP) is 1.98. The highest BCUT2D eigenvalue weighted by Crippen LogP contribution is 2.43. The highest BCUT2D eigenvalue weighted by molar-refractivity contribution is 7.99. The number of phenolic OH excluding ortho intramolecular Hbond substituents is 1. The van der Waals surface area contributed by atoms with Crippen molar-refractivity contribution in [1.82, 2.24) is 4.90 Å². The summed E-state index contributed by atoms with van der Waals surface area (Å²) in [6, 6.07) is 3.70. The van der Waals surface area contributed by atoms with Crippen molar-refractivity contribution >= 4 is 23.6 Å². The number of nitrogens with zero attached hydrogens (tertiary/aromatic N) is 1. The first-order valence-electron chi connectivity index (χ1n) is 5.74. The van der Waals surface area contributed by atoms with Crippen LogP contribution in [0.5, 0.6) is 5.75 Å². The summed E-state index contributed by atoms with van der Waals surface area (Å²) in [4.78, 5) is 22.9. The number of aromatic hydroxyl groups is 1. The van der Waals surface area contributed by atoms with Crippen LogP contribution in [0.25, 0.3) is 0 Å². The summed E-state index contributed by atoms with van der Waals surface area (Å²) in [6.45, 7) is 0. The third-order valence-electron chi connectivity index (χ3n) is 2.94. The standard InChI is InChI=1S/C12H10F3NO4S/c13-12(14,15)11(20)16-8(10(18)19)5-21-9(16)6-1-3-7(17)4-2-6/h1-4,8-9,17H,5H2,(H,18,19). The second-order valence-corrected chi connectivity index (χ2v) is 5.45. The zero-order valence-corrected chi connectivity index (χ0v) is 11.2. The van der Waals surface area contributed by atoms with Crippen LogP contribution in [0.3, 0.4) is 0 Å². The molecule has 0 radical (unpaired) electrons. The summed E-state index contributed by atoms with van der Waals surface area (Å²) in [5.74, 6) is -3.88. The van der Waals surface area contributed by atoms with Crippen LogP contribution in [-0.2, 0) is 9.59 Å². The maximum Gasteiger partial charge on any atom is 0.471 e. The minimum absolute atomic E-state index is 0.0785. The molecule has 1 aliphatic heterocycles. The average molecular weight is 321 g/mol. The Morgan fingerprint density at radius 3 is 2.29 bits per heavy atom. The number of thioether (sulfide) groups is 1. The van der Waals surface area contributed by atoms with Gasteiger partial charge >= 0.3 is 18.1 Å². The van der Waals surface area contributed by atoms with E-state index in [4.69, 9.17) is 5.11 Å². The summed E-state index contributed by atoms with van der Waals surface area (Å²) in [6.07, 6.45) is -5.15. The van der Waals surface area contributed by atoms with Gasteiger partial charge < -0.3 is 15.1 Å². The summed E-state index contributed by atoms with van der Waals surface area (Å²) >= 11 is 0.933. The van der Waals surface area contributed by atoms with Crippen LogP contribution >= 0.6 is 11.8 Å². The molecule has 114 valence electrons. The molecule has 1 heterocycles. The number of hydrogen-bond acceptors (Lipinski definition) is 4. The maximum atomic E-state index is 12.7. The summed E-state index contributed by atoms with van der Waals surface area (Å²) in [5.41, 5.74) is 0.319. The zero-order chi connectivity index (χ0) is 15.8. The van der Waals surface area contributed by atoms with Crippen molar-refractivity contribution in [2.75, 3.05) is 5.75 Å². The van der Waals surface area contributed by atoms with E-state index in [1.165, 1.54) is 24.3 Å². The Balaban J connectivity index is 2.38. The van der Waals surface area contributed by atoms with Crippen molar-refractivity contribution in [2.45, 2.75) is 17.6 Å². The number of carboxylic acids is 1. The molecule has 1 amide bonds. The number of carbonyl (C=O) groups excluding carboxylic acids is 1. The van der Waals surface area contributed by atoms with Crippen LogP contribution < -0.4 is 0 Å². The number of rotatable bonds is 2. The smallest absolute Gasteiger partial charge is 0.471 e. The SMILES string of the molecule is O=C(O)C1CSC(c2ccc(O)cc2)N1C(=O)C(F)(F)F. The summed E-state index contributed by atoms with van der Waals surface area (Å²) in [7, 11) is 0. The molecule has 21 heavy (non-hydrogen) atoms. The molecule has 9 heteroatoms. The van der Waals surface area contributed by atoms with Gasteiger partial charge in [-0.2, -0.15) is 13.2 Å². The minimum atomic E-state index is -5.15. The van der Waals surface area contributed by atoms with Gasteiger partial charge in [0.2, 0.25) is 0 Å². The maximum absolute atomic E-state index is 12.7. The molecule has 0 spiro atoms. The molecule has 1 aromatic carbocycles. The average Bonchev–Trinajstić information content (AvgIpc) is 2.82. The van der Waals surface area contributed by atoms with E-state index in [1.54, 1.807) is 0 Å². The Bertz CT molecular complexity index is 561. The van der Waals surface area contributed by atoms with Crippen LogP contribution in [0.15, 0.2) is 24.3 Å². The van der Waals surface area contributed by atoms with Crippen molar-refractivity contribution < 1.29 is 33.0 Å². The van der Waals surface area contributed by atoms with Crippen molar-refractivity contribution in [1.29, 1.82) is 0 Å². The molecule has 0 aromatic heterocycles. The monoisotopic (exact) mass is 321 g/mol. The van der Waals surface area contributed by atoms with Gasteiger partial charge in [-0.25, -0.2) is 4.79 Å². The highest BCUT2D eigenvalue weighted by atomic mass is 32.2. The van der Waals surface area contributed by atoms with Crippen molar-refractivity contribution in [2.24, 2.45) is 0 Å². The number of carboxylic acid groups (broad SMARTS) is 1. The molecule has 2 unspecified atom stereocenters. The predicted molar refractivity (Wildman–Crippen MR) is 67.6 cm³/mol. The molecule has 2 atom stereocenters. The quantitative estimate of drug-likeness (QED) is 0.871. The van der Waals surface area contributed by atoms with Gasteiger partial charge in [0.1, 0.15) is 17.2 Å². The number of phenols is 1. The van der Waals surface area contributed by atoms with E-state index >= 15 is 0 Å². The fourth-order valence-corrected chi connectivity index (χ4v) is 3.41. The van der Waals surface area contributed by atoms with Crippen molar-refractivity contribution in [3.63, 3.8) is 0 Å². The Hall–Kier alpha value is -1.90. The molecule has 0 bridgehead atoms. The lowest BCUT2D eigenvalue weighted by molar-refractivity contribution is -0.189. The molecular weight excluding hydrogens is 311 g/mol. The van der Waals surface area contributed by atoms with Crippen molar-refractivity contribution in [3.05, 3.63) is 29.8 Å². The summed E-state index contributed by atoms with van der Waals surface area (Å²) in [5, 5.41) is 17.1. The lowest BCUT2D eigenvalue weighted by Gasteiger charge is -2.28. The van der Waals surface area contributed by atoms with Gasteiger partial charge in [0, 0.05) is 5.75 Å². The molecule has 2 N–H and O–H groups in total. The second kappa shape index (κ2) is 5.47. The lowest BCUT2D eigenvalue weighted by Crippen LogP contribution is -2.48. The van der Waals surface area contributed by atoms with Crippen LogP contribution in [-0.4, -0.2) is 45.0 Å². The molecular formula is C12H10F3NO4S. The van der Waals surface area contributed by atoms with E-state index in [0.717, 1.165) is 11.8 Å². The zero-order valence-electron chi connectivity index (χ0n) is 10.4. The molecule has 1 fully saturated rings. The minimum Gasteiger partial charge on any atom is -0.508 e. The topological polar surface area (TPSA) is 77.8 Å². The molecule has 1 saturated heterocycles. The van der Waals surface area contributed by atoms with Gasteiger partial charge in [0.25, 0.3) is 0 Å². The number of alkyl halides is 3. The first kappa shape index (κ1) is 15.5. The number of aliphatic carboxylic acids is 1. The largest absolute Gasteiger partial charge is 0.508 e. The van der Waals surface area contributed by atoms with Crippen molar-refractivity contribution in [3.8, 4) is 5.75 Å². The third kappa shape index (κ3) is 3.07. The van der Waals surface area contributed by atoms with Crippen LogP contribution in [0, 0.1) is 0 Å². The molecule has 0 saturated carbocycles. The molecule has 5 nitrogen and oxygen atoms in total. The lowest BCUT2D eigenvalue weighted by atomic mass is 10.1. The van der Waals surface area contributed by atoms with E-state index in [-0.39, 0.29) is 11.5 Å². The van der Waals surface area contributed by atoms with Gasteiger partial charge in [-0.15, -0.1) is 11.8 Å². The highest BCUT2D eigenvalue weighted by Gasteiger charge is 2.52. The fourth-order valence-electron chi connectivity index (χ4n) is 1.99. The Morgan fingerprint density at radius 2 is 1.81 bits per heavy atom. The number of amides is 1. The molecule has 2 rings (SSSR count). The normalized spacial score (nSPS) is 22.3. The molecule has 1 aliphatic rings.